The van der Waals surface area contributed by atoms with Crippen LogP contribution in [0.25, 0.3) is 0 Å². The minimum atomic E-state index is -0.361. The first-order valence-corrected chi connectivity index (χ1v) is 6.75. The molecule has 0 radical (unpaired) electrons. The van der Waals surface area contributed by atoms with Gasteiger partial charge < -0.3 is 5.32 Å². The third-order valence-electron chi connectivity index (χ3n) is 3.07. The van der Waals surface area contributed by atoms with Crippen molar-refractivity contribution in [3.63, 3.8) is 0 Å². The van der Waals surface area contributed by atoms with Crippen molar-refractivity contribution in [2.45, 2.75) is 39.5 Å². The molecule has 0 saturated carbocycles. The smallest absolute Gasteiger partial charge is 0.221 e. The predicted octanol–water partition coefficient (Wildman–Crippen LogP) is 3.15. The lowest BCUT2D eigenvalue weighted by Gasteiger charge is -2.11. The van der Waals surface area contributed by atoms with E-state index in [0.717, 1.165) is 17.5 Å². The van der Waals surface area contributed by atoms with E-state index in [2.05, 4.69) is 25.2 Å². The summed E-state index contributed by atoms with van der Waals surface area (Å²) in [7, 11) is 0. The van der Waals surface area contributed by atoms with Crippen molar-refractivity contribution in [1.82, 2.24) is 5.32 Å². The third kappa shape index (κ3) is 5.56. The molecule has 0 fully saturated rings. The highest BCUT2D eigenvalue weighted by Crippen LogP contribution is 2.19. The summed E-state index contributed by atoms with van der Waals surface area (Å²) in [5, 5.41) is 12.1. The molecule has 1 N–H and O–H groups in total. The molecule has 1 rings (SSSR count). The number of rotatable bonds is 6. The first-order chi connectivity index (χ1) is 9.02. The maximum atomic E-state index is 11.8. The molecule has 1 aromatic carbocycles. The van der Waals surface area contributed by atoms with E-state index < -0.39 is 0 Å². The number of nitriles is 1. The fourth-order valence-corrected chi connectivity index (χ4v) is 1.79. The second-order valence-corrected chi connectivity index (χ2v) is 5.33. The highest BCUT2D eigenvalue weighted by Gasteiger charge is 2.15. The van der Waals surface area contributed by atoms with Gasteiger partial charge in [-0.3, -0.25) is 4.79 Å². The molecule has 1 atom stereocenters. The number of benzene rings is 1. The summed E-state index contributed by atoms with van der Waals surface area (Å²) in [6.45, 7) is 6.93. The van der Waals surface area contributed by atoms with E-state index in [0.29, 0.717) is 12.5 Å². The Morgan fingerprint density at radius 3 is 2.47 bits per heavy atom. The number of nitrogens with one attached hydrogen (secondary N) is 1. The molecule has 1 amide bonds. The quantitative estimate of drug-likeness (QED) is 0.852. The second kappa shape index (κ2) is 7.58. The molecule has 0 spiro atoms. The molecule has 3 nitrogen and oxygen atoms in total. The summed E-state index contributed by atoms with van der Waals surface area (Å²) < 4.78 is 0. The standard InChI is InChI=1S/C16H22N2O/c1-12(2)8-9-18-16(19)10-15(11-17)14-6-4-13(3)5-7-14/h4-7,12,15H,8-10H2,1-3H3,(H,18,19). The summed E-state index contributed by atoms with van der Waals surface area (Å²) in [5.74, 6) is 0.164. The lowest BCUT2D eigenvalue weighted by atomic mass is 9.96. The monoisotopic (exact) mass is 258 g/mol. The van der Waals surface area contributed by atoms with Gasteiger partial charge >= 0.3 is 0 Å². The van der Waals surface area contributed by atoms with Crippen LogP contribution in [0.1, 0.15) is 43.7 Å². The molecule has 3 heteroatoms. The van der Waals surface area contributed by atoms with Gasteiger partial charge in [0.15, 0.2) is 0 Å². The number of aryl methyl sites for hydroxylation is 1. The maximum Gasteiger partial charge on any atom is 0.221 e. The van der Waals surface area contributed by atoms with Gasteiger partial charge in [0.2, 0.25) is 5.91 Å². The third-order valence-corrected chi connectivity index (χ3v) is 3.07. The van der Waals surface area contributed by atoms with Crippen LogP contribution in [0, 0.1) is 24.2 Å². The molecular formula is C16H22N2O. The average molecular weight is 258 g/mol. The zero-order valence-corrected chi connectivity index (χ0v) is 11.9. The molecule has 0 bridgehead atoms. The Kier molecular flexibility index (Phi) is 6.08. The van der Waals surface area contributed by atoms with Crippen LogP contribution in [0.15, 0.2) is 24.3 Å². The topological polar surface area (TPSA) is 52.9 Å². The van der Waals surface area contributed by atoms with Crippen molar-refractivity contribution < 1.29 is 4.79 Å². The highest BCUT2D eigenvalue weighted by atomic mass is 16.1. The van der Waals surface area contributed by atoms with E-state index in [1.165, 1.54) is 0 Å². The molecule has 102 valence electrons. The van der Waals surface area contributed by atoms with Crippen molar-refractivity contribution in [2.24, 2.45) is 5.92 Å². The van der Waals surface area contributed by atoms with Gasteiger partial charge in [-0.1, -0.05) is 43.7 Å². The SMILES string of the molecule is Cc1ccc(C(C#N)CC(=O)NCCC(C)C)cc1. The number of hydrogen-bond donors (Lipinski definition) is 1. The van der Waals surface area contributed by atoms with Gasteiger partial charge in [0.25, 0.3) is 0 Å². The molecule has 1 unspecified atom stereocenters. The lowest BCUT2D eigenvalue weighted by molar-refractivity contribution is -0.121. The minimum absolute atomic E-state index is 0.0484. The van der Waals surface area contributed by atoms with Gasteiger partial charge in [0.1, 0.15) is 0 Å². The van der Waals surface area contributed by atoms with Gasteiger partial charge in [-0.2, -0.15) is 5.26 Å². The Morgan fingerprint density at radius 2 is 1.95 bits per heavy atom. The van der Waals surface area contributed by atoms with Crippen molar-refractivity contribution in [1.29, 1.82) is 5.26 Å². The Bertz CT molecular complexity index is 443. The van der Waals surface area contributed by atoms with Crippen LogP contribution in [-0.4, -0.2) is 12.5 Å². The first-order valence-electron chi connectivity index (χ1n) is 6.75. The molecule has 0 saturated heterocycles. The normalized spacial score (nSPS) is 11.9. The van der Waals surface area contributed by atoms with Crippen LogP contribution in [0.4, 0.5) is 0 Å². The molecule has 0 heterocycles. The average Bonchev–Trinajstić information content (AvgIpc) is 2.36. The van der Waals surface area contributed by atoms with Crippen LogP contribution in [0.3, 0.4) is 0 Å². The van der Waals surface area contributed by atoms with Crippen molar-refractivity contribution >= 4 is 5.91 Å². The van der Waals surface area contributed by atoms with E-state index >= 15 is 0 Å². The fraction of sp³-hybridized carbons (Fsp3) is 0.500. The van der Waals surface area contributed by atoms with Crippen LogP contribution in [-0.2, 0) is 4.79 Å². The molecule has 0 aromatic heterocycles. The largest absolute Gasteiger partial charge is 0.356 e. The second-order valence-electron chi connectivity index (χ2n) is 5.33. The zero-order valence-electron chi connectivity index (χ0n) is 11.9. The fourth-order valence-electron chi connectivity index (χ4n) is 1.79. The van der Waals surface area contributed by atoms with Gasteiger partial charge in [-0.25, -0.2) is 0 Å². The molecule has 0 aliphatic heterocycles. The molecule has 0 aliphatic rings. The summed E-state index contributed by atoms with van der Waals surface area (Å²) in [4.78, 5) is 11.8. The zero-order chi connectivity index (χ0) is 14.3. The van der Waals surface area contributed by atoms with Crippen LogP contribution in [0.2, 0.25) is 0 Å². The molecule has 0 aliphatic carbocycles. The number of nitrogens with zero attached hydrogens (tertiary/aromatic N) is 1. The highest BCUT2D eigenvalue weighted by molar-refractivity contribution is 5.77. The van der Waals surface area contributed by atoms with E-state index in [1.807, 2.05) is 31.2 Å². The lowest BCUT2D eigenvalue weighted by Crippen LogP contribution is -2.26. The summed E-state index contributed by atoms with van der Waals surface area (Å²) >= 11 is 0. The number of amides is 1. The van der Waals surface area contributed by atoms with Crippen LogP contribution < -0.4 is 5.32 Å². The Labute approximate surface area is 115 Å². The van der Waals surface area contributed by atoms with Gasteiger partial charge in [0, 0.05) is 13.0 Å². The minimum Gasteiger partial charge on any atom is -0.356 e. The van der Waals surface area contributed by atoms with Crippen LogP contribution in [0.5, 0.6) is 0 Å². The van der Waals surface area contributed by atoms with Gasteiger partial charge in [-0.15, -0.1) is 0 Å². The van der Waals surface area contributed by atoms with E-state index in [9.17, 15) is 10.1 Å². The van der Waals surface area contributed by atoms with Crippen LogP contribution >= 0.6 is 0 Å². The summed E-state index contributed by atoms with van der Waals surface area (Å²) in [5.41, 5.74) is 2.06. The number of carbonyl (C=O) groups is 1. The predicted molar refractivity (Wildman–Crippen MR) is 76.6 cm³/mol. The molecule has 1 aromatic rings. The molecular weight excluding hydrogens is 236 g/mol. The number of hydrogen-bond acceptors (Lipinski definition) is 2. The summed E-state index contributed by atoms with van der Waals surface area (Å²) in [6, 6.07) is 9.99. The Hall–Kier alpha value is -1.82. The summed E-state index contributed by atoms with van der Waals surface area (Å²) in [6.07, 6.45) is 1.20. The maximum absolute atomic E-state index is 11.8. The van der Waals surface area contributed by atoms with E-state index in [1.54, 1.807) is 0 Å². The van der Waals surface area contributed by atoms with Crippen molar-refractivity contribution in [3.05, 3.63) is 35.4 Å². The molecule has 19 heavy (non-hydrogen) atoms. The Balaban J connectivity index is 2.51. The van der Waals surface area contributed by atoms with Crippen molar-refractivity contribution in [2.75, 3.05) is 6.54 Å². The van der Waals surface area contributed by atoms with Crippen molar-refractivity contribution in [3.8, 4) is 6.07 Å². The number of carbonyl (C=O) groups excluding carboxylic acids is 1. The van der Waals surface area contributed by atoms with Gasteiger partial charge in [-0.05, 0) is 24.8 Å². The Morgan fingerprint density at radius 1 is 1.32 bits per heavy atom. The first kappa shape index (κ1) is 15.2. The van der Waals surface area contributed by atoms with E-state index in [-0.39, 0.29) is 18.2 Å². The van der Waals surface area contributed by atoms with Gasteiger partial charge in [0.05, 0.1) is 12.0 Å². The van der Waals surface area contributed by atoms with E-state index in [4.69, 9.17) is 0 Å².